The molecular weight excluding hydrogens is 364 g/mol. The monoisotopic (exact) mass is 394 g/mol. The predicted octanol–water partition coefficient (Wildman–Crippen LogP) is -0.261. The second-order valence-corrected chi connectivity index (χ2v) is 4.88. The summed E-state index contributed by atoms with van der Waals surface area (Å²) in [6.07, 6.45) is 2.97. The first-order valence-corrected chi connectivity index (χ1v) is 7.47. The molecule has 0 radical (unpaired) electrons. The zero-order valence-electron chi connectivity index (χ0n) is 15.3. The zero-order chi connectivity index (χ0) is 22.5. The van der Waals surface area contributed by atoms with Crippen molar-refractivity contribution >= 4 is 17.9 Å². The van der Waals surface area contributed by atoms with E-state index in [9.17, 15) is 14.4 Å². The second-order valence-electron chi connectivity index (χ2n) is 4.88. The molecule has 0 spiro atoms. The normalized spacial score (nSPS) is 10.1. The molecule has 7 N–H and O–H groups in total. The van der Waals surface area contributed by atoms with E-state index in [1.165, 1.54) is 0 Å². The van der Waals surface area contributed by atoms with Gasteiger partial charge >= 0.3 is 17.9 Å². The Morgan fingerprint density at radius 2 is 1.00 bits per heavy atom. The summed E-state index contributed by atoms with van der Waals surface area (Å²) in [6.45, 7) is 9.89. The summed E-state index contributed by atoms with van der Waals surface area (Å²) in [5, 5.41) is 58.4. The lowest BCUT2D eigenvalue weighted by molar-refractivity contribution is -0.132. The van der Waals surface area contributed by atoms with Crippen LogP contribution in [0.2, 0.25) is 0 Å². The van der Waals surface area contributed by atoms with Gasteiger partial charge in [-0.05, 0) is 12.3 Å². The van der Waals surface area contributed by atoms with Gasteiger partial charge in [0.05, 0.1) is 19.8 Å². The van der Waals surface area contributed by atoms with E-state index in [4.69, 9.17) is 35.7 Å². The Labute approximate surface area is 158 Å². The van der Waals surface area contributed by atoms with Crippen LogP contribution in [-0.2, 0) is 14.4 Å². The third kappa shape index (κ3) is 23.5. The first kappa shape index (κ1) is 32.2. The predicted molar refractivity (Wildman–Crippen MR) is 98.1 cm³/mol. The number of rotatable bonds is 9. The van der Waals surface area contributed by atoms with E-state index in [1.54, 1.807) is 6.92 Å². The molecule has 0 rings (SSSR count). The molecule has 0 aliphatic rings. The zero-order valence-corrected chi connectivity index (χ0v) is 15.3. The van der Waals surface area contributed by atoms with Crippen LogP contribution in [0.25, 0.3) is 0 Å². The van der Waals surface area contributed by atoms with E-state index in [-0.39, 0.29) is 32.3 Å². The fraction of sp³-hybridized carbons (Fsp3) is 0.471. The molecular formula is C17H30O10. The van der Waals surface area contributed by atoms with Crippen LogP contribution in [0.1, 0.15) is 13.3 Å². The fourth-order valence-electron chi connectivity index (χ4n) is 1.12. The van der Waals surface area contributed by atoms with E-state index in [1.807, 2.05) is 0 Å². The Hall–Kier alpha value is -2.53. The number of aliphatic carboxylic acids is 3. The van der Waals surface area contributed by atoms with Crippen molar-refractivity contribution in [1.29, 1.82) is 0 Å². The van der Waals surface area contributed by atoms with Crippen LogP contribution in [0.4, 0.5) is 0 Å². The summed E-state index contributed by atoms with van der Waals surface area (Å²) in [5.41, 5.74) is -0.858. The molecule has 0 amide bonds. The van der Waals surface area contributed by atoms with Crippen molar-refractivity contribution in [3.63, 3.8) is 0 Å². The van der Waals surface area contributed by atoms with E-state index < -0.39 is 23.3 Å². The number of hydrogen-bond donors (Lipinski definition) is 7. The van der Waals surface area contributed by atoms with Gasteiger partial charge in [-0.1, -0.05) is 26.7 Å². The van der Waals surface area contributed by atoms with Gasteiger partial charge in [-0.2, -0.15) is 0 Å². The van der Waals surface area contributed by atoms with Gasteiger partial charge in [0.1, 0.15) is 0 Å². The van der Waals surface area contributed by atoms with Crippen LogP contribution >= 0.6 is 0 Å². The van der Waals surface area contributed by atoms with Crippen molar-refractivity contribution in [1.82, 2.24) is 0 Å². The minimum Gasteiger partial charge on any atom is -0.478 e. The summed E-state index contributed by atoms with van der Waals surface area (Å²) in [7, 11) is 0. The SMILES string of the molecule is C=CC(=O)O.C=CC(=O)O.C=CC(=O)O.CC(CCO)C(CO)(CO)CO. The summed E-state index contributed by atoms with van der Waals surface area (Å²) in [4.78, 5) is 27.8. The number of aliphatic hydroxyl groups is 4. The lowest BCUT2D eigenvalue weighted by Crippen LogP contribution is -2.40. The molecule has 0 fully saturated rings. The topological polar surface area (TPSA) is 193 Å². The molecule has 27 heavy (non-hydrogen) atoms. The molecule has 0 aliphatic carbocycles. The van der Waals surface area contributed by atoms with E-state index in [0.29, 0.717) is 6.42 Å². The molecule has 0 aromatic heterocycles. The van der Waals surface area contributed by atoms with E-state index in [0.717, 1.165) is 18.2 Å². The Morgan fingerprint density at radius 1 is 0.778 bits per heavy atom. The minimum atomic E-state index is -0.981. The molecule has 0 saturated carbocycles. The maximum absolute atomic E-state index is 9.25. The Balaban J connectivity index is -0.000000147. The van der Waals surface area contributed by atoms with Crippen molar-refractivity contribution in [3.8, 4) is 0 Å². The van der Waals surface area contributed by atoms with Crippen molar-refractivity contribution in [2.24, 2.45) is 11.3 Å². The number of carboxylic acids is 3. The summed E-state index contributed by atoms with van der Waals surface area (Å²) in [6, 6.07) is 0. The smallest absolute Gasteiger partial charge is 0.327 e. The van der Waals surface area contributed by atoms with Crippen LogP contribution in [0.15, 0.2) is 38.0 Å². The van der Waals surface area contributed by atoms with Gasteiger partial charge in [-0.15, -0.1) is 0 Å². The molecule has 10 heteroatoms. The molecule has 0 aromatic rings. The van der Waals surface area contributed by atoms with Crippen LogP contribution < -0.4 is 0 Å². The number of carbonyl (C=O) groups is 3. The quantitative estimate of drug-likeness (QED) is 0.256. The average molecular weight is 394 g/mol. The minimum absolute atomic E-state index is 0.00289. The highest BCUT2D eigenvalue weighted by molar-refractivity contribution is 5.79. The van der Waals surface area contributed by atoms with Gasteiger partial charge in [0.15, 0.2) is 0 Å². The number of carboxylic acid groups (broad SMARTS) is 3. The molecule has 0 bridgehead atoms. The van der Waals surface area contributed by atoms with E-state index in [2.05, 4.69) is 19.7 Å². The Morgan fingerprint density at radius 3 is 1.11 bits per heavy atom. The summed E-state index contributed by atoms with van der Waals surface area (Å²) < 4.78 is 0. The first-order valence-electron chi connectivity index (χ1n) is 7.47. The Kier molecular flexibility index (Phi) is 25.6. The second kappa shape index (κ2) is 21.5. The Bertz CT molecular complexity index is 390. The highest BCUT2D eigenvalue weighted by Gasteiger charge is 2.34. The number of hydrogen-bond acceptors (Lipinski definition) is 7. The van der Waals surface area contributed by atoms with Crippen molar-refractivity contribution < 1.29 is 50.1 Å². The first-order chi connectivity index (χ1) is 12.5. The largest absolute Gasteiger partial charge is 0.478 e. The molecule has 0 aromatic carbocycles. The van der Waals surface area contributed by atoms with Crippen molar-refractivity contribution in [3.05, 3.63) is 38.0 Å². The third-order valence-corrected chi connectivity index (χ3v) is 3.08. The standard InChI is InChI=1S/C8H18O4.3C3H4O2/c1-7(2-3-9)8(4-10,5-11)6-12;3*1-2-3(4)5/h7,9-12H,2-6H2,1H3;3*2H,1H2,(H,4,5). The van der Waals surface area contributed by atoms with Crippen molar-refractivity contribution in [2.75, 3.05) is 26.4 Å². The van der Waals surface area contributed by atoms with Gasteiger partial charge in [-0.25, -0.2) is 14.4 Å². The lowest BCUT2D eigenvalue weighted by atomic mass is 9.77. The lowest BCUT2D eigenvalue weighted by Gasteiger charge is -2.33. The maximum atomic E-state index is 9.25. The van der Waals surface area contributed by atoms with Crippen LogP contribution in [0, 0.1) is 11.3 Å². The molecule has 0 saturated heterocycles. The maximum Gasteiger partial charge on any atom is 0.327 e. The molecule has 1 unspecified atom stereocenters. The van der Waals surface area contributed by atoms with Gasteiger partial charge < -0.3 is 35.7 Å². The highest BCUT2D eigenvalue weighted by atomic mass is 16.4. The van der Waals surface area contributed by atoms with Gasteiger partial charge in [0.2, 0.25) is 0 Å². The van der Waals surface area contributed by atoms with Gasteiger partial charge in [-0.3, -0.25) is 0 Å². The van der Waals surface area contributed by atoms with Gasteiger partial charge in [0, 0.05) is 30.2 Å². The average Bonchev–Trinajstić information content (AvgIpc) is 2.65. The summed E-state index contributed by atoms with van der Waals surface area (Å²) >= 11 is 0. The number of aliphatic hydroxyl groups excluding tert-OH is 4. The van der Waals surface area contributed by atoms with Crippen LogP contribution in [-0.4, -0.2) is 80.1 Å². The molecule has 158 valence electrons. The molecule has 0 heterocycles. The molecule has 10 nitrogen and oxygen atoms in total. The third-order valence-electron chi connectivity index (χ3n) is 3.08. The summed E-state index contributed by atoms with van der Waals surface area (Å²) in [5.74, 6) is -3.04. The van der Waals surface area contributed by atoms with E-state index >= 15 is 0 Å². The fourth-order valence-corrected chi connectivity index (χ4v) is 1.12. The van der Waals surface area contributed by atoms with Crippen LogP contribution in [0.3, 0.4) is 0 Å². The highest BCUT2D eigenvalue weighted by Crippen LogP contribution is 2.28. The molecule has 1 atom stereocenters. The van der Waals surface area contributed by atoms with Crippen molar-refractivity contribution in [2.45, 2.75) is 13.3 Å². The molecule has 0 aliphatic heterocycles. The van der Waals surface area contributed by atoms with Crippen LogP contribution in [0.5, 0.6) is 0 Å². The van der Waals surface area contributed by atoms with Gasteiger partial charge in [0.25, 0.3) is 0 Å².